The number of benzene rings is 2. The van der Waals surface area contributed by atoms with Crippen LogP contribution in [0.4, 0.5) is 5.13 Å². The number of fused-ring (bicyclic) bond motifs is 2. The Bertz CT molecular complexity index is 1400. The highest BCUT2D eigenvalue weighted by molar-refractivity contribution is 7.15. The van der Waals surface area contributed by atoms with Gasteiger partial charge in [0.1, 0.15) is 16.3 Å². The van der Waals surface area contributed by atoms with E-state index in [4.69, 9.17) is 20.8 Å². The number of ether oxygens (including phenoxy) is 1. The summed E-state index contributed by atoms with van der Waals surface area (Å²) in [5.41, 5.74) is 1.02. The third kappa shape index (κ3) is 3.27. The Morgan fingerprint density at radius 1 is 1.16 bits per heavy atom. The minimum absolute atomic E-state index is 0.0119. The molecule has 9 heteroatoms. The molecule has 0 saturated carbocycles. The standard InChI is InChI=1S/C23H18ClN3O4S/c1-3-4-17-25-26-23(32-17)27-19(12-5-8-14(30-2)9-6-12)18-20(28)15-11-13(24)7-10-16(15)31-21(18)22(27)29/h5-11,19H,3-4H2,1-2H3. The molecule has 0 radical (unpaired) electrons. The van der Waals surface area contributed by atoms with Crippen LogP contribution in [-0.2, 0) is 6.42 Å². The summed E-state index contributed by atoms with van der Waals surface area (Å²) < 4.78 is 11.2. The maximum Gasteiger partial charge on any atom is 0.297 e. The topological polar surface area (TPSA) is 85.5 Å². The third-order valence-electron chi connectivity index (χ3n) is 5.39. The predicted molar refractivity (Wildman–Crippen MR) is 123 cm³/mol. The Morgan fingerprint density at radius 3 is 2.66 bits per heavy atom. The van der Waals surface area contributed by atoms with Crippen molar-refractivity contribution in [1.29, 1.82) is 0 Å². The number of methoxy groups -OCH3 is 1. The summed E-state index contributed by atoms with van der Waals surface area (Å²) in [5, 5.41) is 10.5. The lowest BCUT2D eigenvalue weighted by Crippen LogP contribution is -2.29. The van der Waals surface area contributed by atoms with Crippen molar-refractivity contribution in [1.82, 2.24) is 10.2 Å². The SMILES string of the molecule is CCCc1nnc(N2C(=O)c3oc4ccc(Cl)cc4c(=O)c3C2c2ccc(OC)cc2)s1. The lowest BCUT2D eigenvalue weighted by atomic mass is 9.98. The Morgan fingerprint density at radius 2 is 1.94 bits per heavy atom. The largest absolute Gasteiger partial charge is 0.497 e. The zero-order chi connectivity index (χ0) is 22.4. The molecule has 0 N–H and O–H groups in total. The van der Waals surface area contributed by atoms with E-state index in [1.165, 1.54) is 16.2 Å². The molecule has 0 fully saturated rings. The zero-order valence-corrected chi connectivity index (χ0v) is 18.9. The molecule has 2 aromatic carbocycles. The molecule has 1 aliphatic rings. The Kier molecular flexibility index (Phi) is 5.19. The van der Waals surface area contributed by atoms with Gasteiger partial charge < -0.3 is 9.15 Å². The lowest BCUT2D eigenvalue weighted by molar-refractivity contribution is 0.0970. The second kappa shape index (κ2) is 8.03. The minimum Gasteiger partial charge on any atom is -0.497 e. The number of carbonyl (C=O) groups is 1. The second-order valence-corrected chi connectivity index (χ2v) is 8.87. The van der Waals surface area contributed by atoms with Gasteiger partial charge >= 0.3 is 0 Å². The van der Waals surface area contributed by atoms with Crippen LogP contribution in [0, 0.1) is 0 Å². The number of nitrogens with zero attached hydrogens (tertiary/aromatic N) is 3. The maximum absolute atomic E-state index is 13.6. The molecule has 0 aliphatic carbocycles. The van der Waals surface area contributed by atoms with E-state index in [0.717, 1.165) is 23.4 Å². The number of halogens is 1. The van der Waals surface area contributed by atoms with Crippen LogP contribution < -0.4 is 15.1 Å². The highest BCUT2D eigenvalue weighted by Crippen LogP contribution is 2.42. The molecule has 5 rings (SSSR count). The van der Waals surface area contributed by atoms with Crippen LogP contribution in [0.5, 0.6) is 5.75 Å². The van der Waals surface area contributed by atoms with E-state index in [2.05, 4.69) is 17.1 Å². The smallest absolute Gasteiger partial charge is 0.297 e. The van der Waals surface area contributed by atoms with Crippen molar-refractivity contribution in [3.05, 3.63) is 79.6 Å². The molecule has 3 heterocycles. The fourth-order valence-corrected chi connectivity index (χ4v) is 5.04. The van der Waals surface area contributed by atoms with Gasteiger partial charge in [-0.25, -0.2) is 0 Å². The first kappa shape index (κ1) is 20.7. The van der Waals surface area contributed by atoms with E-state index in [-0.39, 0.29) is 16.8 Å². The fourth-order valence-electron chi connectivity index (χ4n) is 3.90. The molecule has 0 spiro atoms. The first-order valence-electron chi connectivity index (χ1n) is 10.1. The van der Waals surface area contributed by atoms with Gasteiger partial charge in [-0.05, 0) is 42.3 Å². The van der Waals surface area contributed by atoms with Crippen molar-refractivity contribution in [2.75, 3.05) is 12.0 Å². The van der Waals surface area contributed by atoms with Gasteiger partial charge in [-0.1, -0.05) is 42.0 Å². The third-order valence-corrected chi connectivity index (χ3v) is 6.61. The Labute approximate surface area is 192 Å². The molecule has 1 unspecified atom stereocenters. The molecule has 32 heavy (non-hydrogen) atoms. The highest BCUT2D eigenvalue weighted by Gasteiger charge is 2.45. The number of amides is 1. The summed E-state index contributed by atoms with van der Waals surface area (Å²) in [6.45, 7) is 2.05. The monoisotopic (exact) mass is 467 g/mol. The average molecular weight is 468 g/mol. The fraction of sp³-hybridized carbons (Fsp3) is 0.217. The van der Waals surface area contributed by atoms with Gasteiger partial charge in [-0.3, -0.25) is 14.5 Å². The summed E-state index contributed by atoms with van der Waals surface area (Å²) in [7, 11) is 1.58. The van der Waals surface area contributed by atoms with Gasteiger partial charge in [0.2, 0.25) is 10.9 Å². The van der Waals surface area contributed by atoms with Crippen LogP contribution in [0.1, 0.15) is 46.1 Å². The first-order chi connectivity index (χ1) is 15.5. The molecule has 1 aliphatic heterocycles. The van der Waals surface area contributed by atoms with Crippen molar-refractivity contribution in [3.8, 4) is 5.75 Å². The van der Waals surface area contributed by atoms with Crippen molar-refractivity contribution >= 4 is 44.9 Å². The van der Waals surface area contributed by atoms with Gasteiger partial charge in [0.05, 0.1) is 24.1 Å². The number of carbonyl (C=O) groups excluding carboxylic acids is 1. The van der Waals surface area contributed by atoms with Crippen LogP contribution in [-0.4, -0.2) is 23.2 Å². The number of aromatic nitrogens is 2. The van der Waals surface area contributed by atoms with Gasteiger partial charge in [-0.15, -0.1) is 10.2 Å². The van der Waals surface area contributed by atoms with E-state index in [1.807, 2.05) is 12.1 Å². The van der Waals surface area contributed by atoms with Crippen molar-refractivity contribution < 1.29 is 13.9 Å². The zero-order valence-electron chi connectivity index (χ0n) is 17.3. The number of hydrogen-bond donors (Lipinski definition) is 0. The summed E-state index contributed by atoms with van der Waals surface area (Å²) in [5.74, 6) is 0.259. The molecule has 2 aromatic heterocycles. The number of rotatable bonds is 5. The summed E-state index contributed by atoms with van der Waals surface area (Å²) in [6, 6.07) is 11.3. The number of hydrogen-bond acceptors (Lipinski definition) is 7. The predicted octanol–water partition coefficient (Wildman–Crippen LogP) is 5.01. The van der Waals surface area contributed by atoms with Crippen LogP contribution in [0.25, 0.3) is 11.0 Å². The Balaban J connectivity index is 1.75. The van der Waals surface area contributed by atoms with E-state index in [9.17, 15) is 9.59 Å². The van der Waals surface area contributed by atoms with Gasteiger partial charge in [0.25, 0.3) is 5.91 Å². The molecule has 162 valence electrons. The normalized spacial score (nSPS) is 15.4. The molecule has 0 saturated heterocycles. The molecule has 1 atom stereocenters. The summed E-state index contributed by atoms with van der Waals surface area (Å²) in [4.78, 5) is 28.6. The lowest BCUT2D eigenvalue weighted by Gasteiger charge is -2.22. The summed E-state index contributed by atoms with van der Waals surface area (Å²) in [6.07, 6.45) is 1.68. The molecular weight excluding hydrogens is 450 g/mol. The van der Waals surface area contributed by atoms with Gasteiger partial charge in [-0.2, -0.15) is 0 Å². The van der Waals surface area contributed by atoms with Crippen molar-refractivity contribution in [3.63, 3.8) is 0 Å². The molecular formula is C23H18ClN3O4S. The van der Waals surface area contributed by atoms with E-state index < -0.39 is 11.9 Å². The second-order valence-electron chi connectivity index (χ2n) is 7.39. The van der Waals surface area contributed by atoms with Crippen LogP contribution in [0.15, 0.2) is 51.7 Å². The maximum atomic E-state index is 13.6. The highest BCUT2D eigenvalue weighted by atomic mass is 35.5. The van der Waals surface area contributed by atoms with Crippen molar-refractivity contribution in [2.45, 2.75) is 25.8 Å². The quantitative estimate of drug-likeness (QED) is 0.410. The summed E-state index contributed by atoms with van der Waals surface area (Å²) >= 11 is 7.47. The van der Waals surface area contributed by atoms with Gasteiger partial charge in [0, 0.05) is 11.4 Å². The Hall–Kier alpha value is -3.23. The molecule has 4 aromatic rings. The average Bonchev–Trinajstić information content (AvgIpc) is 3.37. The van der Waals surface area contributed by atoms with E-state index >= 15 is 0 Å². The van der Waals surface area contributed by atoms with Gasteiger partial charge in [0.15, 0.2) is 5.43 Å². The van der Waals surface area contributed by atoms with E-state index in [1.54, 1.807) is 37.4 Å². The number of aryl methyl sites for hydroxylation is 1. The van der Waals surface area contributed by atoms with Crippen LogP contribution in [0.2, 0.25) is 5.02 Å². The van der Waals surface area contributed by atoms with Crippen LogP contribution in [0.3, 0.4) is 0 Å². The van der Waals surface area contributed by atoms with Crippen molar-refractivity contribution in [2.24, 2.45) is 0 Å². The number of anilines is 1. The minimum atomic E-state index is -0.703. The van der Waals surface area contributed by atoms with Crippen LogP contribution >= 0.6 is 22.9 Å². The molecule has 1 amide bonds. The molecule has 7 nitrogen and oxygen atoms in total. The van der Waals surface area contributed by atoms with E-state index in [0.29, 0.717) is 26.9 Å². The molecule has 0 bridgehead atoms. The first-order valence-corrected chi connectivity index (χ1v) is 11.3.